The summed E-state index contributed by atoms with van der Waals surface area (Å²) in [5.41, 5.74) is 1.80. The second-order valence-electron chi connectivity index (χ2n) is 4.08. The summed E-state index contributed by atoms with van der Waals surface area (Å²) in [5.74, 6) is 1.01. The van der Waals surface area contributed by atoms with E-state index in [2.05, 4.69) is 20.3 Å². The van der Waals surface area contributed by atoms with Crippen molar-refractivity contribution < 1.29 is 19.1 Å². The van der Waals surface area contributed by atoms with Crippen LogP contribution in [0, 0.1) is 0 Å². The van der Waals surface area contributed by atoms with Gasteiger partial charge in [-0.1, -0.05) is 0 Å². The highest BCUT2D eigenvalue weighted by Crippen LogP contribution is 2.26. The SMILES string of the molecule is COc1ccc2nc(-c3cnc(NC(=O)O)nc3)oc2c1. The monoisotopic (exact) mass is 286 g/mol. The number of oxazole rings is 1. The van der Waals surface area contributed by atoms with Crippen molar-refractivity contribution >= 4 is 23.1 Å². The number of nitrogens with one attached hydrogen (secondary N) is 1. The number of methoxy groups -OCH3 is 1. The van der Waals surface area contributed by atoms with E-state index in [1.807, 2.05) is 0 Å². The number of anilines is 1. The average molecular weight is 286 g/mol. The lowest BCUT2D eigenvalue weighted by Crippen LogP contribution is -2.10. The highest BCUT2D eigenvalue weighted by Gasteiger charge is 2.10. The maximum atomic E-state index is 10.5. The lowest BCUT2D eigenvalue weighted by Gasteiger charge is -1.98. The first kappa shape index (κ1) is 12.9. The number of hydrogen-bond donors (Lipinski definition) is 2. The molecule has 0 radical (unpaired) electrons. The molecule has 0 aliphatic carbocycles. The van der Waals surface area contributed by atoms with Crippen LogP contribution in [0.3, 0.4) is 0 Å². The number of fused-ring (bicyclic) bond motifs is 1. The van der Waals surface area contributed by atoms with Gasteiger partial charge in [-0.25, -0.2) is 19.7 Å². The summed E-state index contributed by atoms with van der Waals surface area (Å²) in [6.45, 7) is 0. The zero-order valence-corrected chi connectivity index (χ0v) is 10.9. The van der Waals surface area contributed by atoms with Gasteiger partial charge in [0.25, 0.3) is 0 Å². The Morgan fingerprint density at radius 2 is 2.10 bits per heavy atom. The lowest BCUT2D eigenvalue weighted by atomic mass is 10.3. The molecule has 0 bridgehead atoms. The Hall–Kier alpha value is -3.16. The zero-order valence-electron chi connectivity index (χ0n) is 10.9. The lowest BCUT2D eigenvalue weighted by molar-refractivity contribution is 0.209. The minimum atomic E-state index is -1.23. The van der Waals surface area contributed by atoms with E-state index in [9.17, 15) is 4.79 Å². The normalized spacial score (nSPS) is 10.5. The molecule has 3 aromatic rings. The predicted molar refractivity (Wildman–Crippen MR) is 73.2 cm³/mol. The highest BCUT2D eigenvalue weighted by molar-refractivity contribution is 5.80. The van der Waals surface area contributed by atoms with E-state index < -0.39 is 6.09 Å². The minimum absolute atomic E-state index is 0.0102. The highest BCUT2D eigenvalue weighted by atomic mass is 16.5. The molecule has 0 spiro atoms. The topological polar surface area (TPSA) is 110 Å². The van der Waals surface area contributed by atoms with Crippen LogP contribution in [0.4, 0.5) is 10.7 Å². The fourth-order valence-corrected chi connectivity index (χ4v) is 1.75. The fraction of sp³-hybridized carbons (Fsp3) is 0.0769. The van der Waals surface area contributed by atoms with Gasteiger partial charge in [-0.2, -0.15) is 0 Å². The van der Waals surface area contributed by atoms with Crippen LogP contribution in [0.1, 0.15) is 0 Å². The van der Waals surface area contributed by atoms with E-state index in [1.54, 1.807) is 25.3 Å². The van der Waals surface area contributed by atoms with Crippen molar-refractivity contribution in [2.45, 2.75) is 0 Å². The molecule has 0 unspecified atom stereocenters. The van der Waals surface area contributed by atoms with Gasteiger partial charge >= 0.3 is 6.09 Å². The van der Waals surface area contributed by atoms with E-state index in [1.165, 1.54) is 12.4 Å². The first-order valence-electron chi connectivity index (χ1n) is 5.92. The molecule has 0 aliphatic rings. The molecule has 0 atom stereocenters. The molecule has 1 aromatic carbocycles. The molecule has 21 heavy (non-hydrogen) atoms. The summed E-state index contributed by atoms with van der Waals surface area (Å²) < 4.78 is 10.7. The quantitative estimate of drug-likeness (QED) is 0.760. The molecule has 0 aliphatic heterocycles. The Morgan fingerprint density at radius 1 is 1.33 bits per heavy atom. The molecule has 106 valence electrons. The third-order valence-electron chi connectivity index (χ3n) is 2.71. The van der Waals surface area contributed by atoms with Gasteiger partial charge in [-0.15, -0.1) is 0 Å². The van der Waals surface area contributed by atoms with Gasteiger partial charge in [0.15, 0.2) is 5.58 Å². The largest absolute Gasteiger partial charge is 0.497 e. The van der Waals surface area contributed by atoms with Gasteiger partial charge in [-0.05, 0) is 12.1 Å². The van der Waals surface area contributed by atoms with Crippen LogP contribution in [0.15, 0.2) is 35.0 Å². The third kappa shape index (κ3) is 2.59. The zero-order chi connectivity index (χ0) is 14.8. The molecule has 8 heteroatoms. The predicted octanol–water partition coefficient (Wildman–Crippen LogP) is 2.38. The van der Waals surface area contributed by atoms with Crippen molar-refractivity contribution in [1.82, 2.24) is 15.0 Å². The minimum Gasteiger partial charge on any atom is -0.497 e. The number of benzene rings is 1. The van der Waals surface area contributed by atoms with Gasteiger partial charge in [-0.3, -0.25) is 5.32 Å². The van der Waals surface area contributed by atoms with E-state index in [0.717, 1.165) is 0 Å². The Kier molecular flexibility index (Phi) is 3.11. The molecule has 0 saturated heterocycles. The maximum absolute atomic E-state index is 10.5. The van der Waals surface area contributed by atoms with Crippen molar-refractivity contribution in [3.05, 3.63) is 30.6 Å². The molecule has 8 nitrogen and oxygen atoms in total. The second kappa shape index (κ2) is 5.08. The van der Waals surface area contributed by atoms with Crippen LogP contribution in [0.25, 0.3) is 22.6 Å². The third-order valence-corrected chi connectivity index (χ3v) is 2.71. The van der Waals surface area contributed by atoms with Crippen LogP contribution in [0.5, 0.6) is 5.75 Å². The number of ether oxygens (including phenoxy) is 1. The first-order chi connectivity index (χ1) is 10.2. The van der Waals surface area contributed by atoms with Crippen molar-refractivity contribution in [2.24, 2.45) is 0 Å². The van der Waals surface area contributed by atoms with Crippen LogP contribution < -0.4 is 10.1 Å². The molecule has 0 saturated carbocycles. The first-order valence-corrected chi connectivity index (χ1v) is 5.92. The Bertz CT molecular complexity index is 798. The standard InChI is InChI=1S/C13H10N4O4/c1-20-8-2-3-9-10(4-8)21-11(16-9)7-5-14-12(15-6-7)17-13(18)19/h2-6H,1H3,(H,18,19)(H,14,15,17). The number of hydrogen-bond acceptors (Lipinski definition) is 6. The number of rotatable bonds is 3. The second-order valence-corrected chi connectivity index (χ2v) is 4.08. The van der Waals surface area contributed by atoms with Crippen LogP contribution in [0.2, 0.25) is 0 Å². The molecule has 3 rings (SSSR count). The van der Waals surface area contributed by atoms with E-state index in [0.29, 0.717) is 28.3 Å². The van der Waals surface area contributed by atoms with E-state index in [4.69, 9.17) is 14.3 Å². The molecule has 1 amide bonds. The number of amides is 1. The Labute approximate surface area is 118 Å². The van der Waals surface area contributed by atoms with Gasteiger partial charge in [0, 0.05) is 18.5 Å². The van der Waals surface area contributed by atoms with Crippen LogP contribution >= 0.6 is 0 Å². The number of carbonyl (C=O) groups is 1. The summed E-state index contributed by atoms with van der Waals surface area (Å²) in [6.07, 6.45) is 1.64. The van der Waals surface area contributed by atoms with Gasteiger partial charge in [0.05, 0.1) is 12.7 Å². The smallest absolute Gasteiger partial charge is 0.411 e. The van der Waals surface area contributed by atoms with Crippen LogP contribution in [-0.4, -0.2) is 33.3 Å². The molecular weight excluding hydrogens is 276 g/mol. The van der Waals surface area contributed by atoms with Gasteiger partial charge < -0.3 is 14.3 Å². The van der Waals surface area contributed by atoms with Crippen molar-refractivity contribution in [2.75, 3.05) is 12.4 Å². The van der Waals surface area contributed by atoms with Crippen molar-refractivity contribution in [1.29, 1.82) is 0 Å². The van der Waals surface area contributed by atoms with Gasteiger partial charge in [0.2, 0.25) is 11.8 Å². The number of aromatic nitrogens is 3. The Balaban J connectivity index is 1.94. The van der Waals surface area contributed by atoms with Crippen LogP contribution in [-0.2, 0) is 0 Å². The van der Waals surface area contributed by atoms with E-state index in [-0.39, 0.29) is 5.95 Å². The van der Waals surface area contributed by atoms with Crippen molar-refractivity contribution in [3.8, 4) is 17.2 Å². The average Bonchev–Trinajstić information content (AvgIpc) is 2.90. The summed E-state index contributed by atoms with van der Waals surface area (Å²) in [5, 5.41) is 10.6. The molecule has 2 aromatic heterocycles. The number of nitrogens with zero attached hydrogens (tertiary/aromatic N) is 3. The van der Waals surface area contributed by atoms with E-state index >= 15 is 0 Å². The van der Waals surface area contributed by atoms with Crippen molar-refractivity contribution in [3.63, 3.8) is 0 Å². The summed E-state index contributed by atoms with van der Waals surface area (Å²) in [4.78, 5) is 22.5. The Morgan fingerprint density at radius 3 is 2.76 bits per heavy atom. The molecule has 2 N–H and O–H groups in total. The number of carboxylic acid groups (broad SMARTS) is 1. The molecular formula is C13H10N4O4. The summed E-state index contributed by atoms with van der Waals surface area (Å²) >= 11 is 0. The fourth-order valence-electron chi connectivity index (χ4n) is 1.75. The maximum Gasteiger partial charge on any atom is 0.411 e. The summed E-state index contributed by atoms with van der Waals surface area (Å²) in [6, 6.07) is 5.29. The van der Waals surface area contributed by atoms with Gasteiger partial charge in [0.1, 0.15) is 11.3 Å². The molecule has 0 fully saturated rings. The summed E-state index contributed by atoms with van der Waals surface area (Å²) in [7, 11) is 1.57. The molecule has 2 heterocycles.